The molecule has 1 aromatic carbocycles. The number of allylic oxidation sites excluding steroid dienone is 2. The van der Waals surface area contributed by atoms with Crippen LogP contribution >= 0.6 is 0 Å². The van der Waals surface area contributed by atoms with E-state index in [-0.39, 0.29) is 24.4 Å². The van der Waals surface area contributed by atoms with Crippen molar-refractivity contribution in [3.05, 3.63) is 71.0 Å². The molecule has 2 aliphatic rings. The molecule has 24 heavy (non-hydrogen) atoms. The van der Waals surface area contributed by atoms with Crippen LogP contribution < -0.4 is 0 Å². The molecule has 0 N–H and O–H groups in total. The molecule has 0 spiro atoms. The van der Waals surface area contributed by atoms with Crippen molar-refractivity contribution < 1.29 is 14.3 Å². The van der Waals surface area contributed by atoms with E-state index in [0.29, 0.717) is 6.61 Å². The summed E-state index contributed by atoms with van der Waals surface area (Å²) in [5.74, 6) is 0.727. The number of hydrogen-bond donors (Lipinski definition) is 0. The SMILES string of the molecule is CC1=CC(=O)N(CC=O)C2C1=CC=C(OCc1ccccc1)C2C. The molecule has 0 aromatic heterocycles. The first-order valence-electron chi connectivity index (χ1n) is 8.13. The van der Waals surface area contributed by atoms with Gasteiger partial charge >= 0.3 is 0 Å². The van der Waals surface area contributed by atoms with Crippen molar-refractivity contribution in [2.45, 2.75) is 26.5 Å². The van der Waals surface area contributed by atoms with Crippen LogP contribution in [0, 0.1) is 5.92 Å². The van der Waals surface area contributed by atoms with Crippen molar-refractivity contribution in [2.75, 3.05) is 6.54 Å². The number of fused-ring (bicyclic) bond motifs is 1. The molecule has 1 aliphatic heterocycles. The third-order valence-corrected chi connectivity index (χ3v) is 4.60. The quantitative estimate of drug-likeness (QED) is 0.783. The minimum atomic E-state index is -0.150. The lowest BCUT2D eigenvalue weighted by atomic mass is 9.81. The fourth-order valence-electron chi connectivity index (χ4n) is 3.34. The Morgan fingerprint density at radius 2 is 1.96 bits per heavy atom. The molecule has 1 aliphatic carbocycles. The smallest absolute Gasteiger partial charge is 0.247 e. The second kappa shape index (κ2) is 6.87. The minimum absolute atomic E-state index is 0.00117. The molecular formula is C20H21NO3. The van der Waals surface area contributed by atoms with E-state index < -0.39 is 0 Å². The molecule has 0 saturated heterocycles. The zero-order chi connectivity index (χ0) is 17.1. The van der Waals surface area contributed by atoms with Crippen LogP contribution in [0.4, 0.5) is 0 Å². The number of ether oxygens (including phenoxy) is 1. The van der Waals surface area contributed by atoms with Crippen LogP contribution in [0.25, 0.3) is 0 Å². The van der Waals surface area contributed by atoms with E-state index in [0.717, 1.165) is 28.8 Å². The molecule has 0 bridgehead atoms. The summed E-state index contributed by atoms with van der Waals surface area (Å²) in [5, 5.41) is 0. The van der Waals surface area contributed by atoms with E-state index in [9.17, 15) is 9.59 Å². The Bertz CT molecular complexity index is 731. The molecular weight excluding hydrogens is 302 g/mol. The summed E-state index contributed by atoms with van der Waals surface area (Å²) in [6.45, 7) is 4.56. The number of carbonyl (C=O) groups excluding carboxylic acids is 2. The molecule has 1 amide bonds. The van der Waals surface area contributed by atoms with E-state index in [1.807, 2.05) is 56.3 Å². The van der Waals surface area contributed by atoms with Crippen molar-refractivity contribution in [3.8, 4) is 0 Å². The van der Waals surface area contributed by atoms with E-state index in [4.69, 9.17) is 4.74 Å². The monoisotopic (exact) mass is 323 g/mol. The second-order valence-corrected chi connectivity index (χ2v) is 6.18. The van der Waals surface area contributed by atoms with Crippen LogP contribution in [-0.2, 0) is 20.9 Å². The van der Waals surface area contributed by atoms with Gasteiger partial charge in [-0.1, -0.05) is 43.3 Å². The second-order valence-electron chi connectivity index (χ2n) is 6.18. The lowest BCUT2D eigenvalue weighted by molar-refractivity contribution is -0.131. The van der Waals surface area contributed by atoms with Crippen LogP contribution in [0.1, 0.15) is 19.4 Å². The molecule has 0 radical (unpaired) electrons. The summed E-state index contributed by atoms with van der Waals surface area (Å²) in [5.41, 5.74) is 3.13. The zero-order valence-electron chi connectivity index (χ0n) is 13.9. The lowest BCUT2D eigenvalue weighted by Gasteiger charge is -2.41. The van der Waals surface area contributed by atoms with Crippen LogP contribution in [0.2, 0.25) is 0 Å². The topological polar surface area (TPSA) is 46.6 Å². The Labute approximate surface area is 142 Å². The maximum absolute atomic E-state index is 12.3. The van der Waals surface area contributed by atoms with Crippen molar-refractivity contribution >= 4 is 12.2 Å². The minimum Gasteiger partial charge on any atom is -0.493 e. The Balaban J connectivity index is 1.83. The highest BCUT2D eigenvalue weighted by molar-refractivity contribution is 5.93. The maximum Gasteiger partial charge on any atom is 0.247 e. The summed E-state index contributed by atoms with van der Waals surface area (Å²) >= 11 is 0. The van der Waals surface area contributed by atoms with E-state index in [2.05, 4.69) is 0 Å². The van der Waals surface area contributed by atoms with E-state index >= 15 is 0 Å². The fraction of sp³-hybridized carbons (Fsp3) is 0.300. The van der Waals surface area contributed by atoms with Gasteiger partial charge in [-0.3, -0.25) is 4.79 Å². The highest BCUT2D eigenvalue weighted by Gasteiger charge is 2.38. The fourth-order valence-corrected chi connectivity index (χ4v) is 3.34. The average molecular weight is 323 g/mol. The normalized spacial score (nSPS) is 23.0. The Hall–Kier alpha value is -2.62. The molecule has 2 atom stereocenters. The van der Waals surface area contributed by atoms with Gasteiger partial charge in [0.05, 0.1) is 12.6 Å². The van der Waals surface area contributed by atoms with Gasteiger partial charge in [-0.05, 0) is 29.7 Å². The number of aldehydes is 1. The predicted octanol–water partition coefficient (Wildman–Crippen LogP) is 3.02. The zero-order valence-corrected chi connectivity index (χ0v) is 13.9. The maximum atomic E-state index is 12.3. The first kappa shape index (κ1) is 16.2. The summed E-state index contributed by atoms with van der Waals surface area (Å²) in [4.78, 5) is 24.9. The van der Waals surface area contributed by atoms with E-state index in [1.165, 1.54) is 0 Å². The number of amides is 1. The summed E-state index contributed by atoms with van der Waals surface area (Å²) in [7, 11) is 0. The number of benzene rings is 1. The Morgan fingerprint density at radius 1 is 1.21 bits per heavy atom. The van der Waals surface area contributed by atoms with Gasteiger partial charge in [-0.25, -0.2) is 0 Å². The van der Waals surface area contributed by atoms with Crippen molar-refractivity contribution in [1.82, 2.24) is 4.90 Å². The van der Waals surface area contributed by atoms with Gasteiger partial charge in [0.25, 0.3) is 0 Å². The Kier molecular flexibility index (Phi) is 4.65. The van der Waals surface area contributed by atoms with Crippen molar-refractivity contribution in [1.29, 1.82) is 0 Å². The molecule has 4 heteroatoms. The highest BCUT2D eigenvalue weighted by atomic mass is 16.5. The average Bonchev–Trinajstić information content (AvgIpc) is 2.58. The van der Waals surface area contributed by atoms with Crippen LogP contribution in [-0.4, -0.2) is 29.7 Å². The van der Waals surface area contributed by atoms with E-state index in [1.54, 1.807) is 11.0 Å². The summed E-state index contributed by atoms with van der Waals surface area (Å²) in [6.07, 6.45) is 6.36. The van der Waals surface area contributed by atoms with Crippen LogP contribution in [0.3, 0.4) is 0 Å². The molecule has 1 aromatic rings. The van der Waals surface area contributed by atoms with Gasteiger partial charge in [0, 0.05) is 12.0 Å². The van der Waals surface area contributed by atoms with Gasteiger partial charge in [0.15, 0.2) is 0 Å². The molecule has 3 rings (SSSR count). The highest BCUT2D eigenvalue weighted by Crippen LogP contribution is 2.36. The molecule has 1 heterocycles. The van der Waals surface area contributed by atoms with Gasteiger partial charge in [-0.15, -0.1) is 0 Å². The largest absolute Gasteiger partial charge is 0.493 e. The first-order valence-corrected chi connectivity index (χ1v) is 8.13. The van der Waals surface area contributed by atoms with Gasteiger partial charge in [0.1, 0.15) is 18.7 Å². The molecule has 4 nitrogen and oxygen atoms in total. The van der Waals surface area contributed by atoms with Gasteiger partial charge < -0.3 is 14.4 Å². The summed E-state index contributed by atoms with van der Waals surface area (Å²) in [6, 6.07) is 9.82. The number of rotatable bonds is 5. The Morgan fingerprint density at radius 3 is 2.67 bits per heavy atom. The van der Waals surface area contributed by atoms with Crippen molar-refractivity contribution in [3.63, 3.8) is 0 Å². The van der Waals surface area contributed by atoms with Crippen LogP contribution in [0.5, 0.6) is 0 Å². The molecule has 0 fully saturated rings. The number of hydrogen-bond acceptors (Lipinski definition) is 3. The standard InChI is InChI=1S/C20H21NO3/c1-14-12-19(23)21(10-11-22)20-15(2)18(9-8-17(14)20)24-13-16-6-4-3-5-7-16/h3-9,11-12,15,20H,10,13H2,1-2H3. The lowest BCUT2D eigenvalue weighted by Crippen LogP contribution is -2.49. The predicted molar refractivity (Wildman–Crippen MR) is 91.9 cm³/mol. The number of carbonyl (C=O) groups is 2. The van der Waals surface area contributed by atoms with Gasteiger partial charge in [-0.2, -0.15) is 0 Å². The number of nitrogens with zero attached hydrogens (tertiary/aromatic N) is 1. The van der Waals surface area contributed by atoms with Crippen molar-refractivity contribution in [2.24, 2.45) is 5.92 Å². The molecule has 0 saturated carbocycles. The third kappa shape index (κ3) is 3.04. The van der Waals surface area contributed by atoms with Crippen LogP contribution in [0.15, 0.2) is 65.5 Å². The third-order valence-electron chi connectivity index (χ3n) is 4.60. The molecule has 124 valence electrons. The van der Waals surface area contributed by atoms with Gasteiger partial charge in [0.2, 0.25) is 5.91 Å². The first-order chi connectivity index (χ1) is 11.6. The molecule has 2 unspecified atom stereocenters. The summed E-state index contributed by atoms with van der Waals surface area (Å²) < 4.78 is 6.00.